The first kappa shape index (κ1) is 12.2. The van der Waals surface area contributed by atoms with Gasteiger partial charge in [0.1, 0.15) is 5.25 Å². The number of morpholine rings is 1. The highest BCUT2D eigenvalue weighted by atomic mass is 35.5. The molecule has 0 aliphatic carbocycles. The average molecular weight is 243 g/mol. The van der Waals surface area contributed by atoms with E-state index >= 15 is 0 Å². The van der Waals surface area contributed by atoms with E-state index in [1.165, 1.54) is 0 Å². The van der Waals surface area contributed by atoms with Crippen LogP contribution in [-0.4, -0.2) is 57.4 Å². The lowest BCUT2D eigenvalue weighted by Gasteiger charge is -2.34. The van der Waals surface area contributed by atoms with Crippen LogP contribution in [0.3, 0.4) is 0 Å². The van der Waals surface area contributed by atoms with Gasteiger partial charge in [0.2, 0.25) is 10.0 Å². The van der Waals surface area contributed by atoms with Gasteiger partial charge in [-0.05, 0) is 0 Å². The van der Waals surface area contributed by atoms with Gasteiger partial charge in [-0.1, -0.05) is 0 Å². The zero-order valence-corrected chi connectivity index (χ0v) is 9.44. The van der Waals surface area contributed by atoms with Crippen molar-refractivity contribution in [2.75, 3.05) is 39.4 Å². The molecule has 7 heteroatoms. The maximum absolute atomic E-state index is 11.8. The van der Waals surface area contributed by atoms with Crippen LogP contribution in [-0.2, 0) is 14.8 Å². The highest BCUT2D eigenvalue weighted by Crippen LogP contribution is 2.14. The van der Waals surface area contributed by atoms with E-state index in [-0.39, 0.29) is 17.7 Å². The second kappa shape index (κ2) is 4.76. The van der Waals surface area contributed by atoms with Gasteiger partial charge in [0.25, 0.3) is 0 Å². The zero-order chi connectivity index (χ0) is 9.31. The summed E-state index contributed by atoms with van der Waals surface area (Å²) in [6, 6.07) is 0. The molecule has 0 spiro atoms. The van der Waals surface area contributed by atoms with Crippen LogP contribution < -0.4 is 5.32 Å². The molecule has 5 nitrogen and oxygen atoms in total. The second-order valence-electron chi connectivity index (χ2n) is 3.34. The summed E-state index contributed by atoms with van der Waals surface area (Å²) in [6.45, 7) is 3.27. The maximum Gasteiger partial charge on any atom is 0.219 e. The molecule has 0 unspecified atom stereocenters. The summed E-state index contributed by atoms with van der Waals surface area (Å²) in [5.74, 6) is 0. The standard InChI is InChI=1S/C7H14N2O3S.ClH/c10-13(11,7-5-8-6-7)9-1-3-12-4-2-9;/h7-8H,1-6H2;1H. The van der Waals surface area contributed by atoms with Gasteiger partial charge in [-0.15, -0.1) is 12.4 Å². The van der Waals surface area contributed by atoms with Gasteiger partial charge in [0.05, 0.1) is 13.2 Å². The normalized spacial score (nSPS) is 25.1. The molecule has 84 valence electrons. The van der Waals surface area contributed by atoms with Crippen LogP contribution in [0.25, 0.3) is 0 Å². The molecule has 0 amide bonds. The average Bonchev–Trinajstić information content (AvgIpc) is 2.02. The molecule has 0 aromatic heterocycles. The van der Waals surface area contributed by atoms with Gasteiger partial charge < -0.3 is 10.1 Å². The monoisotopic (exact) mass is 242 g/mol. The molecule has 2 fully saturated rings. The van der Waals surface area contributed by atoms with E-state index in [4.69, 9.17) is 4.74 Å². The molecule has 2 aliphatic heterocycles. The van der Waals surface area contributed by atoms with Crippen molar-refractivity contribution in [2.45, 2.75) is 5.25 Å². The lowest BCUT2D eigenvalue weighted by Crippen LogP contribution is -2.57. The Labute approximate surface area is 90.3 Å². The molecular weight excluding hydrogens is 228 g/mol. The van der Waals surface area contributed by atoms with Crippen LogP contribution in [0.15, 0.2) is 0 Å². The van der Waals surface area contributed by atoms with Crippen LogP contribution in [0.2, 0.25) is 0 Å². The fourth-order valence-electron chi connectivity index (χ4n) is 1.48. The van der Waals surface area contributed by atoms with Crippen molar-refractivity contribution >= 4 is 22.4 Å². The van der Waals surface area contributed by atoms with E-state index in [1.807, 2.05) is 0 Å². The van der Waals surface area contributed by atoms with Gasteiger partial charge in [-0.25, -0.2) is 8.42 Å². The number of nitrogens with zero attached hydrogens (tertiary/aromatic N) is 1. The largest absolute Gasteiger partial charge is 0.379 e. The molecular formula is C7H15ClN2O3S. The zero-order valence-electron chi connectivity index (χ0n) is 7.81. The van der Waals surface area contributed by atoms with Crippen LogP contribution in [0, 0.1) is 0 Å². The minimum absolute atomic E-state index is 0. The summed E-state index contributed by atoms with van der Waals surface area (Å²) in [4.78, 5) is 0. The van der Waals surface area contributed by atoms with E-state index in [9.17, 15) is 8.42 Å². The molecule has 0 aromatic carbocycles. The van der Waals surface area contributed by atoms with Crippen LogP contribution in [0.5, 0.6) is 0 Å². The highest BCUT2D eigenvalue weighted by Gasteiger charge is 2.36. The van der Waals surface area contributed by atoms with Gasteiger partial charge in [-0.2, -0.15) is 4.31 Å². The Hall–Kier alpha value is 0.120. The van der Waals surface area contributed by atoms with Crippen LogP contribution in [0.4, 0.5) is 0 Å². The summed E-state index contributed by atoms with van der Waals surface area (Å²) < 4.78 is 30.2. The Kier molecular flexibility index (Phi) is 4.15. The molecule has 14 heavy (non-hydrogen) atoms. The molecule has 1 N–H and O–H groups in total. The Morgan fingerprint density at radius 1 is 1.21 bits per heavy atom. The summed E-state index contributed by atoms with van der Waals surface area (Å²) in [5.41, 5.74) is 0. The lowest BCUT2D eigenvalue weighted by molar-refractivity contribution is 0.0723. The van der Waals surface area contributed by atoms with Gasteiger partial charge in [0.15, 0.2) is 0 Å². The van der Waals surface area contributed by atoms with Crippen LogP contribution >= 0.6 is 12.4 Å². The van der Waals surface area contributed by atoms with Gasteiger partial charge >= 0.3 is 0 Å². The Morgan fingerprint density at radius 3 is 2.21 bits per heavy atom. The van der Waals surface area contributed by atoms with Crippen LogP contribution in [0.1, 0.15) is 0 Å². The molecule has 0 radical (unpaired) electrons. The first-order valence-corrected chi connectivity index (χ1v) is 5.99. The molecule has 0 atom stereocenters. The minimum atomic E-state index is -3.03. The molecule has 2 heterocycles. The summed E-state index contributed by atoms with van der Waals surface area (Å²) in [5, 5.41) is 2.77. The van der Waals surface area contributed by atoms with Crippen molar-refractivity contribution in [3.63, 3.8) is 0 Å². The number of hydrogen-bond donors (Lipinski definition) is 1. The molecule has 0 saturated carbocycles. The van der Waals surface area contributed by atoms with Crippen molar-refractivity contribution in [2.24, 2.45) is 0 Å². The predicted octanol–water partition coefficient (Wildman–Crippen LogP) is -0.958. The Bertz CT molecular complexity index is 273. The topological polar surface area (TPSA) is 58.6 Å². The van der Waals surface area contributed by atoms with Crippen molar-refractivity contribution in [3.8, 4) is 0 Å². The number of halogens is 1. The quantitative estimate of drug-likeness (QED) is 0.678. The molecule has 0 bridgehead atoms. The third-order valence-electron chi connectivity index (χ3n) is 2.50. The molecule has 2 aliphatic rings. The summed E-state index contributed by atoms with van der Waals surface area (Å²) in [7, 11) is -3.03. The lowest BCUT2D eigenvalue weighted by atomic mass is 10.3. The van der Waals surface area contributed by atoms with Crippen molar-refractivity contribution in [1.29, 1.82) is 0 Å². The molecule has 2 rings (SSSR count). The predicted molar refractivity (Wildman–Crippen MR) is 55.2 cm³/mol. The second-order valence-corrected chi connectivity index (χ2v) is 5.55. The molecule has 0 aromatic rings. The maximum atomic E-state index is 11.8. The van der Waals surface area contributed by atoms with Gasteiger partial charge in [0, 0.05) is 26.2 Å². The molecule has 2 saturated heterocycles. The Morgan fingerprint density at radius 2 is 1.79 bits per heavy atom. The van der Waals surface area contributed by atoms with E-state index in [0.29, 0.717) is 39.4 Å². The number of nitrogens with one attached hydrogen (secondary N) is 1. The fraction of sp³-hybridized carbons (Fsp3) is 1.00. The number of sulfonamides is 1. The first-order chi connectivity index (χ1) is 6.21. The minimum Gasteiger partial charge on any atom is -0.379 e. The Balaban J connectivity index is 0.000000980. The van der Waals surface area contributed by atoms with E-state index in [1.54, 1.807) is 4.31 Å². The number of rotatable bonds is 2. The van der Waals surface area contributed by atoms with Crippen molar-refractivity contribution in [1.82, 2.24) is 9.62 Å². The van der Waals surface area contributed by atoms with E-state index in [2.05, 4.69) is 5.32 Å². The van der Waals surface area contributed by atoms with Gasteiger partial charge in [-0.3, -0.25) is 0 Å². The summed E-state index contributed by atoms with van der Waals surface area (Å²) >= 11 is 0. The summed E-state index contributed by atoms with van der Waals surface area (Å²) in [6.07, 6.45) is 0. The van der Waals surface area contributed by atoms with Crippen molar-refractivity contribution < 1.29 is 13.2 Å². The number of ether oxygens (including phenoxy) is 1. The van der Waals surface area contributed by atoms with Crippen molar-refractivity contribution in [3.05, 3.63) is 0 Å². The van der Waals surface area contributed by atoms with E-state index in [0.717, 1.165) is 0 Å². The SMILES string of the molecule is Cl.O=S(=O)(C1CNC1)N1CCOCC1. The smallest absolute Gasteiger partial charge is 0.219 e. The third-order valence-corrected chi connectivity index (χ3v) is 4.76. The number of hydrogen-bond acceptors (Lipinski definition) is 4. The van der Waals surface area contributed by atoms with E-state index < -0.39 is 10.0 Å². The fourth-order valence-corrected chi connectivity index (χ4v) is 3.22. The first-order valence-electron chi connectivity index (χ1n) is 4.49. The third kappa shape index (κ3) is 2.20. The highest BCUT2D eigenvalue weighted by molar-refractivity contribution is 7.89.